The number of thiophene rings is 1. The third-order valence-corrected chi connectivity index (χ3v) is 6.70. The summed E-state index contributed by atoms with van der Waals surface area (Å²) in [7, 11) is 1.11. The van der Waals surface area contributed by atoms with Gasteiger partial charge in [0.1, 0.15) is 5.00 Å². The van der Waals surface area contributed by atoms with E-state index in [4.69, 9.17) is 21.1 Å². The average Bonchev–Trinajstić information content (AvgIpc) is 3.15. The molecule has 1 aliphatic rings. The number of esters is 2. The monoisotopic (exact) mass is 518 g/mol. The molecule has 1 unspecified atom stereocenters. The van der Waals surface area contributed by atoms with Crippen LogP contribution in [-0.2, 0) is 27.1 Å². The van der Waals surface area contributed by atoms with Crippen molar-refractivity contribution in [1.82, 2.24) is 5.32 Å². The van der Waals surface area contributed by atoms with Gasteiger partial charge in [-0.05, 0) is 56.4 Å². The second kappa shape index (κ2) is 10.2. The summed E-state index contributed by atoms with van der Waals surface area (Å²) in [6.45, 7) is 0.956. The molecule has 0 bridgehead atoms. The van der Waals surface area contributed by atoms with Crippen molar-refractivity contribution in [2.75, 3.05) is 19.0 Å². The van der Waals surface area contributed by atoms with E-state index < -0.39 is 29.7 Å². The van der Waals surface area contributed by atoms with E-state index in [9.17, 15) is 27.6 Å². The maximum absolute atomic E-state index is 14.6. The van der Waals surface area contributed by atoms with Crippen molar-refractivity contribution in [3.8, 4) is 0 Å². The Morgan fingerprint density at radius 3 is 2.50 bits per heavy atom. The van der Waals surface area contributed by atoms with E-state index in [1.807, 2.05) is 0 Å². The number of aryl methyl sites for hydroxylation is 1. The Kier molecular flexibility index (Phi) is 7.77. The lowest BCUT2D eigenvalue weighted by molar-refractivity contribution is -0.204. The summed E-state index contributed by atoms with van der Waals surface area (Å²) in [4.78, 5) is 38.9. The lowest BCUT2D eigenvalue weighted by Gasteiger charge is -2.35. The number of fused-ring (bicyclic) bond motifs is 1. The summed E-state index contributed by atoms with van der Waals surface area (Å²) in [6, 6.07) is 5.23. The summed E-state index contributed by atoms with van der Waals surface area (Å²) in [5, 5.41) is 3.76. The molecule has 0 fully saturated rings. The van der Waals surface area contributed by atoms with Crippen LogP contribution in [0.25, 0.3) is 0 Å². The quantitative estimate of drug-likeness (QED) is 0.406. The molecule has 1 atom stereocenters. The van der Waals surface area contributed by atoms with Crippen LogP contribution >= 0.6 is 22.9 Å². The maximum atomic E-state index is 14.6. The van der Waals surface area contributed by atoms with Crippen LogP contribution in [0.4, 0.5) is 18.2 Å². The lowest BCUT2D eigenvalue weighted by atomic mass is 9.95. The van der Waals surface area contributed by atoms with Gasteiger partial charge < -0.3 is 20.1 Å². The number of anilines is 1. The van der Waals surface area contributed by atoms with Gasteiger partial charge in [0.05, 0.1) is 19.3 Å². The molecular formula is C22H22ClF3N2O5S. The Bertz CT molecular complexity index is 1100. The number of methoxy groups -OCH3 is 1. The molecule has 0 saturated heterocycles. The van der Waals surface area contributed by atoms with Crippen molar-refractivity contribution in [3.63, 3.8) is 0 Å². The highest BCUT2D eigenvalue weighted by atomic mass is 35.5. The van der Waals surface area contributed by atoms with Crippen molar-refractivity contribution in [2.24, 2.45) is 0 Å². The normalized spacial score (nSPS) is 15.0. The van der Waals surface area contributed by atoms with E-state index in [0.29, 0.717) is 18.4 Å². The summed E-state index contributed by atoms with van der Waals surface area (Å²) in [5.41, 5.74) is -3.40. The molecule has 2 aromatic rings. The van der Waals surface area contributed by atoms with E-state index in [-0.39, 0.29) is 27.8 Å². The minimum atomic E-state index is -5.36. The topological polar surface area (TPSA) is 93.7 Å². The zero-order valence-electron chi connectivity index (χ0n) is 18.3. The SMILES string of the molecule is CCOC(=O)C(NC(=O)c1cccc(Cl)c1)(Nc1sc2c(c1C(=O)OC)CCCC2)C(F)(F)F. The van der Waals surface area contributed by atoms with Gasteiger partial charge in [-0.3, -0.25) is 4.79 Å². The van der Waals surface area contributed by atoms with E-state index in [1.165, 1.54) is 25.1 Å². The summed E-state index contributed by atoms with van der Waals surface area (Å²) in [5.74, 6) is -3.84. The maximum Gasteiger partial charge on any atom is 0.441 e. The summed E-state index contributed by atoms with van der Waals surface area (Å²) in [6.07, 6.45) is -2.75. The fraction of sp³-hybridized carbons (Fsp3) is 0.409. The average molecular weight is 519 g/mol. The third-order valence-electron chi connectivity index (χ3n) is 5.26. The van der Waals surface area contributed by atoms with E-state index in [1.54, 1.807) is 5.32 Å². The van der Waals surface area contributed by atoms with Gasteiger partial charge in [-0.25, -0.2) is 9.59 Å². The largest absolute Gasteiger partial charge is 0.465 e. The van der Waals surface area contributed by atoms with E-state index in [2.05, 4.69) is 5.32 Å². The Hall–Kier alpha value is -2.79. The Morgan fingerprint density at radius 2 is 1.88 bits per heavy atom. The number of benzene rings is 1. The third kappa shape index (κ3) is 5.00. The number of halogens is 4. The van der Waals surface area contributed by atoms with Crippen molar-refractivity contribution in [2.45, 2.75) is 44.4 Å². The highest BCUT2D eigenvalue weighted by Gasteiger charge is 2.64. The van der Waals surface area contributed by atoms with E-state index >= 15 is 0 Å². The summed E-state index contributed by atoms with van der Waals surface area (Å²) >= 11 is 6.78. The lowest BCUT2D eigenvalue weighted by Crippen LogP contribution is -2.69. The Labute approximate surface area is 202 Å². The first-order valence-corrected chi connectivity index (χ1v) is 11.6. The Balaban J connectivity index is 2.14. The van der Waals surface area contributed by atoms with Crippen LogP contribution in [0.5, 0.6) is 0 Å². The molecule has 0 aliphatic heterocycles. The van der Waals surface area contributed by atoms with Gasteiger partial charge in [0.25, 0.3) is 5.91 Å². The van der Waals surface area contributed by atoms with Gasteiger partial charge in [-0.15, -0.1) is 11.3 Å². The first-order chi connectivity index (χ1) is 16.0. The van der Waals surface area contributed by atoms with Gasteiger partial charge in [0.2, 0.25) is 0 Å². The molecule has 34 heavy (non-hydrogen) atoms. The second-order valence-corrected chi connectivity index (χ2v) is 9.01. The molecule has 0 spiro atoms. The van der Waals surface area contributed by atoms with Crippen LogP contribution in [0.1, 0.15) is 50.9 Å². The molecule has 1 aromatic heterocycles. The van der Waals surface area contributed by atoms with Crippen LogP contribution in [0.3, 0.4) is 0 Å². The Morgan fingerprint density at radius 1 is 1.18 bits per heavy atom. The fourth-order valence-electron chi connectivity index (χ4n) is 3.64. The molecule has 184 valence electrons. The zero-order chi connectivity index (χ0) is 25.1. The number of carbonyl (C=O) groups is 3. The van der Waals surface area contributed by atoms with Crippen LogP contribution in [0.2, 0.25) is 5.02 Å². The number of hydrogen-bond donors (Lipinski definition) is 2. The van der Waals surface area contributed by atoms with Gasteiger partial charge in [-0.2, -0.15) is 13.2 Å². The molecular weight excluding hydrogens is 497 g/mol. The van der Waals surface area contributed by atoms with Gasteiger partial charge in [0, 0.05) is 15.5 Å². The molecule has 0 saturated carbocycles. The van der Waals surface area contributed by atoms with Crippen molar-refractivity contribution >= 4 is 45.8 Å². The molecule has 7 nitrogen and oxygen atoms in total. The minimum absolute atomic E-state index is 0.0860. The number of ether oxygens (including phenoxy) is 2. The molecule has 1 aromatic carbocycles. The smallest absolute Gasteiger partial charge is 0.441 e. The van der Waals surface area contributed by atoms with E-state index in [0.717, 1.165) is 42.2 Å². The molecule has 1 heterocycles. The molecule has 3 rings (SSSR count). The number of amides is 1. The summed E-state index contributed by atoms with van der Waals surface area (Å²) < 4.78 is 53.2. The molecule has 1 aliphatic carbocycles. The van der Waals surface area contributed by atoms with Gasteiger partial charge >= 0.3 is 23.8 Å². The van der Waals surface area contributed by atoms with Crippen LogP contribution < -0.4 is 10.6 Å². The number of rotatable bonds is 7. The van der Waals surface area contributed by atoms with Crippen molar-refractivity contribution in [3.05, 3.63) is 50.9 Å². The molecule has 2 N–H and O–H groups in total. The van der Waals surface area contributed by atoms with Crippen LogP contribution in [0, 0.1) is 0 Å². The van der Waals surface area contributed by atoms with Crippen LogP contribution in [0.15, 0.2) is 24.3 Å². The second-order valence-electron chi connectivity index (χ2n) is 7.46. The zero-order valence-corrected chi connectivity index (χ0v) is 19.9. The standard InChI is InChI=1S/C22H22ClF3N2O5S/c1-3-33-20(31)21(22(24,25)26,27-17(29)12-7-6-8-13(23)11-12)28-18-16(19(30)32-2)14-9-4-5-10-15(14)34-18/h6-8,11,28H,3-5,9-10H2,1-2H3,(H,27,29). The number of carbonyl (C=O) groups excluding carboxylic acids is 3. The first kappa shape index (κ1) is 25.8. The molecule has 1 amide bonds. The van der Waals surface area contributed by atoms with Gasteiger partial charge in [-0.1, -0.05) is 17.7 Å². The minimum Gasteiger partial charge on any atom is -0.465 e. The number of alkyl halides is 3. The highest BCUT2D eigenvalue weighted by molar-refractivity contribution is 7.16. The predicted octanol–water partition coefficient (Wildman–Crippen LogP) is 4.73. The molecule has 12 heteroatoms. The molecule has 0 radical (unpaired) electrons. The first-order valence-electron chi connectivity index (χ1n) is 10.4. The number of nitrogens with one attached hydrogen (secondary N) is 2. The van der Waals surface area contributed by atoms with Crippen molar-refractivity contribution < 1.29 is 37.0 Å². The highest BCUT2D eigenvalue weighted by Crippen LogP contribution is 2.42. The predicted molar refractivity (Wildman–Crippen MR) is 120 cm³/mol. The van der Waals surface area contributed by atoms with Gasteiger partial charge in [0.15, 0.2) is 0 Å². The van der Waals surface area contributed by atoms with Crippen molar-refractivity contribution in [1.29, 1.82) is 0 Å². The fourth-order valence-corrected chi connectivity index (χ4v) is 5.17. The number of hydrogen-bond acceptors (Lipinski definition) is 7. The van der Waals surface area contributed by atoms with Crippen LogP contribution in [-0.4, -0.2) is 43.4 Å².